The summed E-state index contributed by atoms with van der Waals surface area (Å²) in [5.41, 5.74) is 2.81. The molecule has 0 unspecified atom stereocenters. The number of ether oxygens (including phenoxy) is 1. The molecule has 5 heteroatoms. The lowest BCUT2D eigenvalue weighted by Gasteiger charge is -2.26. The smallest absolute Gasteiger partial charge is 0.370 e. The second-order valence-corrected chi connectivity index (χ2v) is 2.06. The van der Waals surface area contributed by atoms with Crippen LogP contribution in [0.4, 0.5) is 4.79 Å². The van der Waals surface area contributed by atoms with Crippen LogP contribution >= 0.6 is 0 Å². The number of allylic oxidation sites excluding steroid dienone is 2. The number of hydrazine groups is 1. The molecule has 1 N–H and O–H groups in total. The molecule has 2 bridgehead atoms. The molecule has 0 aromatic heterocycles. The number of nitrogens with zero attached hydrogens (tertiary/aromatic N) is 1. The highest BCUT2D eigenvalue weighted by molar-refractivity contribution is 5.98. The van der Waals surface area contributed by atoms with Crippen molar-refractivity contribution in [3.63, 3.8) is 0 Å². The molecule has 1 amide bonds. The summed E-state index contributed by atoms with van der Waals surface area (Å²) >= 11 is 0. The van der Waals surface area contributed by atoms with Crippen LogP contribution in [-0.2, 0) is 9.53 Å². The van der Waals surface area contributed by atoms with Crippen LogP contribution in [0.15, 0.2) is 24.0 Å². The molecule has 5 nitrogen and oxygen atoms in total. The Morgan fingerprint density at radius 1 is 1.45 bits per heavy atom. The van der Waals surface area contributed by atoms with Gasteiger partial charge in [-0.15, -0.1) is 0 Å². The van der Waals surface area contributed by atoms with Crippen LogP contribution in [0.2, 0.25) is 0 Å². The monoisotopic (exact) mass is 152 g/mol. The average molecular weight is 152 g/mol. The maximum absolute atomic E-state index is 10.8. The van der Waals surface area contributed by atoms with Gasteiger partial charge in [0.1, 0.15) is 5.70 Å². The maximum Gasteiger partial charge on any atom is 0.440 e. The Labute approximate surface area is 61.9 Å². The van der Waals surface area contributed by atoms with E-state index in [9.17, 15) is 9.59 Å². The zero-order valence-electron chi connectivity index (χ0n) is 5.40. The molecule has 0 saturated carbocycles. The molecule has 56 valence electrons. The highest BCUT2D eigenvalue weighted by Gasteiger charge is 2.29. The van der Waals surface area contributed by atoms with Crippen molar-refractivity contribution in [1.82, 2.24) is 10.4 Å². The van der Waals surface area contributed by atoms with Crippen LogP contribution < -0.4 is 5.43 Å². The summed E-state index contributed by atoms with van der Waals surface area (Å²) in [6, 6.07) is 0. The SMILES string of the molecule is O=C1OC(=O)N2C=CC=C1N2. The Morgan fingerprint density at radius 3 is 3.09 bits per heavy atom. The lowest BCUT2D eigenvalue weighted by Crippen LogP contribution is -2.48. The van der Waals surface area contributed by atoms with E-state index in [2.05, 4.69) is 10.2 Å². The quantitative estimate of drug-likeness (QED) is 0.388. The van der Waals surface area contributed by atoms with Crippen molar-refractivity contribution in [2.75, 3.05) is 0 Å². The first-order valence-corrected chi connectivity index (χ1v) is 2.98. The highest BCUT2D eigenvalue weighted by atomic mass is 16.6. The summed E-state index contributed by atoms with van der Waals surface area (Å²) in [6.45, 7) is 0. The van der Waals surface area contributed by atoms with Crippen molar-refractivity contribution in [2.24, 2.45) is 0 Å². The van der Waals surface area contributed by atoms with Gasteiger partial charge in [-0.25, -0.2) is 9.59 Å². The molecule has 2 rings (SSSR count). The first kappa shape index (κ1) is 5.96. The number of nitrogens with one attached hydrogen (secondary N) is 1. The predicted molar refractivity (Wildman–Crippen MR) is 33.7 cm³/mol. The first-order valence-electron chi connectivity index (χ1n) is 2.98. The Kier molecular flexibility index (Phi) is 1.00. The number of hydrogen-bond donors (Lipinski definition) is 1. The molecule has 0 aliphatic carbocycles. The Bertz CT molecular complexity index is 292. The maximum atomic E-state index is 10.8. The molecule has 1 fully saturated rings. The summed E-state index contributed by atoms with van der Waals surface area (Å²) < 4.78 is 4.32. The minimum absolute atomic E-state index is 0.270. The van der Waals surface area contributed by atoms with Crippen molar-refractivity contribution in [3.8, 4) is 0 Å². The number of cyclic esters (lactones) is 2. The van der Waals surface area contributed by atoms with Crippen molar-refractivity contribution in [3.05, 3.63) is 24.0 Å². The fraction of sp³-hybridized carbons (Fsp3) is 0. The fourth-order valence-corrected chi connectivity index (χ4v) is 0.833. The summed E-state index contributed by atoms with van der Waals surface area (Å²) in [7, 11) is 0. The van der Waals surface area contributed by atoms with Crippen LogP contribution in [0.25, 0.3) is 0 Å². The van der Waals surface area contributed by atoms with Gasteiger partial charge in [-0.1, -0.05) is 0 Å². The van der Waals surface area contributed by atoms with Gasteiger partial charge in [0.2, 0.25) is 0 Å². The van der Waals surface area contributed by atoms with Gasteiger partial charge in [-0.3, -0.25) is 5.43 Å². The molecule has 0 aromatic rings. The van der Waals surface area contributed by atoms with E-state index in [0.29, 0.717) is 0 Å². The standard InChI is InChI=1S/C6H4N2O3/c9-5-4-2-1-3-8(7-4)6(10)11-5/h1-3,7H. The molecule has 2 aliphatic heterocycles. The van der Waals surface area contributed by atoms with E-state index in [1.807, 2.05) is 0 Å². The van der Waals surface area contributed by atoms with Crippen LogP contribution in [0.1, 0.15) is 0 Å². The molecule has 0 aromatic carbocycles. The largest absolute Gasteiger partial charge is 0.440 e. The van der Waals surface area contributed by atoms with Crippen molar-refractivity contribution in [2.45, 2.75) is 0 Å². The van der Waals surface area contributed by atoms with Gasteiger partial charge in [-0.05, 0) is 12.2 Å². The van der Waals surface area contributed by atoms with E-state index in [1.165, 1.54) is 12.3 Å². The summed E-state index contributed by atoms with van der Waals surface area (Å²) in [4.78, 5) is 21.5. The van der Waals surface area contributed by atoms with Crippen molar-refractivity contribution in [1.29, 1.82) is 0 Å². The fourth-order valence-electron chi connectivity index (χ4n) is 0.833. The van der Waals surface area contributed by atoms with Gasteiger partial charge >= 0.3 is 12.1 Å². The van der Waals surface area contributed by atoms with Crippen LogP contribution in [0, 0.1) is 0 Å². The molecule has 0 spiro atoms. The number of carbonyl (C=O) groups is 2. The van der Waals surface area contributed by atoms with E-state index in [0.717, 1.165) is 5.01 Å². The first-order chi connectivity index (χ1) is 5.27. The summed E-state index contributed by atoms with van der Waals surface area (Å²) in [6.07, 6.45) is 3.89. The lowest BCUT2D eigenvalue weighted by molar-refractivity contribution is -0.137. The van der Waals surface area contributed by atoms with Gasteiger partial charge < -0.3 is 4.74 Å². The van der Waals surface area contributed by atoms with Crippen LogP contribution in [-0.4, -0.2) is 17.1 Å². The molecular formula is C6H4N2O3. The van der Waals surface area contributed by atoms with Crippen LogP contribution in [0.5, 0.6) is 0 Å². The van der Waals surface area contributed by atoms with Crippen LogP contribution in [0.3, 0.4) is 0 Å². The van der Waals surface area contributed by atoms with E-state index in [1.54, 1.807) is 6.08 Å². The Balaban J connectivity index is 2.39. The summed E-state index contributed by atoms with van der Waals surface area (Å²) in [5.74, 6) is -0.643. The Hall–Kier alpha value is -1.78. The highest BCUT2D eigenvalue weighted by Crippen LogP contribution is 2.10. The van der Waals surface area contributed by atoms with Crippen molar-refractivity contribution >= 4 is 12.1 Å². The minimum Gasteiger partial charge on any atom is -0.370 e. The number of amides is 1. The third-order valence-corrected chi connectivity index (χ3v) is 1.34. The topological polar surface area (TPSA) is 58.6 Å². The number of rotatable bonds is 0. The molecule has 0 radical (unpaired) electrons. The van der Waals surface area contributed by atoms with Gasteiger partial charge in [0.25, 0.3) is 0 Å². The normalized spacial score (nSPS) is 20.7. The number of hydrogen-bond acceptors (Lipinski definition) is 4. The third-order valence-electron chi connectivity index (χ3n) is 1.34. The minimum atomic E-state index is -0.705. The second-order valence-electron chi connectivity index (χ2n) is 2.06. The molecule has 2 heterocycles. The third kappa shape index (κ3) is 0.778. The molecule has 2 aliphatic rings. The molecular weight excluding hydrogens is 148 g/mol. The number of esters is 1. The van der Waals surface area contributed by atoms with E-state index in [4.69, 9.17) is 0 Å². The van der Waals surface area contributed by atoms with Crippen molar-refractivity contribution < 1.29 is 14.3 Å². The molecule has 11 heavy (non-hydrogen) atoms. The lowest BCUT2D eigenvalue weighted by atomic mass is 10.3. The van der Waals surface area contributed by atoms with E-state index < -0.39 is 12.1 Å². The van der Waals surface area contributed by atoms with Gasteiger partial charge in [0, 0.05) is 6.20 Å². The zero-order valence-corrected chi connectivity index (χ0v) is 5.40. The van der Waals surface area contributed by atoms with Gasteiger partial charge in [-0.2, -0.15) is 5.01 Å². The second kappa shape index (κ2) is 1.85. The van der Waals surface area contributed by atoms with E-state index >= 15 is 0 Å². The summed E-state index contributed by atoms with van der Waals surface area (Å²) in [5, 5.41) is 1.09. The average Bonchev–Trinajstić information content (AvgIpc) is 2.02. The van der Waals surface area contributed by atoms with Gasteiger partial charge in [0.15, 0.2) is 0 Å². The zero-order chi connectivity index (χ0) is 7.84. The Morgan fingerprint density at radius 2 is 2.27 bits per heavy atom. The van der Waals surface area contributed by atoms with Gasteiger partial charge in [0.05, 0.1) is 0 Å². The number of fused-ring (bicyclic) bond motifs is 2. The number of carbonyl (C=O) groups excluding carboxylic acids is 2. The molecule has 1 saturated heterocycles. The molecule has 0 atom stereocenters. The predicted octanol–water partition coefficient (Wildman–Crippen LogP) is -0.119. The van der Waals surface area contributed by atoms with E-state index in [-0.39, 0.29) is 5.70 Å².